The van der Waals surface area contributed by atoms with Crippen LogP contribution in [0.1, 0.15) is 11.4 Å². The lowest BCUT2D eigenvalue weighted by Gasteiger charge is -2.06. The zero-order valence-electron chi connectivity index (χ0n) is 13.7. The van der Waals surface area contributed by atoms with E-state index in [2.05, 4.69) is 27.1 Å². The minimum Gasteiger partial charge on any atom is -0.370 e. The summed E-state index contributed by atoms with van der Waals surface area (Å²) < 4.78 is 27.9. The molecule has 0 saturated heterocycles. The second-order valence-corrected chi connectivity index (χ2v) is 7.72. The molecule has 0 aliphatic carbocycles. The van der Waals surface area contributed by atoms with Crippen molar-refractivity contribution in [2.45, 2.75) is 23.3 Å². The Morgan fingerprint density at radius 1 is 1.36 bits per heavy atom. The quantitative estimate of drug-likeness (QED) is 0.690. The zero-order chi connectivity index (χ0) is 18.2. The highest BCUT2D eigenvalue weighted by Gasteiger charge is 2.29. The van der Waals surface area contributed by atoms with Gasteiger partial charge in [-0.3, -0.25) is 4.99 Å². The first-order chi connectivity index (χ1) is 11.9. The molecule has 0 saturated carbocycles. The maximum Gasteiger partial charge on any atom is 0.214 e. The number of aliphatic imine (C=N–C) groups is 1. The monoisotopic (exact) mass is 377 g/mol. The molecule has 9 heteroatoms. The molecule has 0 unspecified atom stereocenters. The van der Waals surface area contributed by atoms with Crippen molar-refractivity contribution in [3.05, 3.63) is 46.7 Å². The van der Waals surface area contributed by atoms with E-state index in [1.54, 1.807) is 25.2 Å². The topological polar surface area (TPSA) is 88.7 Å². The first-order valence-electron chi connectivity index (χ1n) is 7.38. The van der Waals surface area contributed by atoms with Crippen molar-refractivity contribution in [2.75, 3.05) is 12.4 Å². The van der Waals surface area contributed by atoms with Crippen LogP contribution in [0.3, 0.4) is 0 Å². The Morgan fingerprint density at radius 3 is 2.76 bits per heavy atom. The van der Waals surface area contributed by atoms with E-state index in [1.807, 2.05) is 6.92 Å². The Morgan fingerprint density at radius 2 is 2.12 bits per heavy atom. The van der Waals surface area contributed by atoms with E-state index in [0.29, 0.717) is 10.7 Å². The number of nitrogens with zero attached hydrogens (tertiary/aromatic N) is 4. The van der Waals surface area contributed by atoms with E-state index in [1.165, 1.54) is 16.6 Å². The van der Waals surface area contributed by atoms with Crippen molar-refractivity contribution < 1.29 is 8.42 Å². The second kappa shape index (κ2) is 6.45. The van der Waals surface area contributed by atoms with Crippen LogP contribution >= 0.6 is 11.6 Å². The normalized spacial score (nSPS) is 11.6. The summed E-state index contributed by atoms with van der Waals surface area (Å²) in [4.78, 5) is 8.33. The standard InChI is InChI=1S/C16H16ClN5O2S/c1-10-7-12(9-18-2)20-16-14(15(19-3)21-22(10)16)25(23,24)13-6-4-5-11(17)8-13/h4-8H,2,9H2,1,3H3,(H,19,21). The van der Waals surface area contributed by atoms with E-state index >= 15 is 0 Å². The van der Waals surface area contributed by atoms with Crippen molar-refractivity contribution in [1.29, 1.82) is 0 Å². The van der Waals surface area contributed by atoms with Gasteiger partial charge in [0.05, 0.1) is 17.1 Å². The average Bonchev–Trinajstić information content (AvgIpc) is 2.95. The molecule has 2 heterocycles. The molecule has 0 radical (unpaired) electrons. The Balaban J connectivity index is 2.35. The third kappa shape index (κ3) is 2.98. The highest BCUT2D eigenvalue weighted by molar-refractivity contribution is 7.91. The van der Waals surface area contributed by atoms with Crippen LogP contribution in [-0.4, -0.2) is 36.8 Å². The van der Waals surface area contributed by atoms with Gasteiger partial charge in [0.15, 0.2) is 16.4 Å². The Bertz CT molecular complexity index is 1080. The Hall–Kier alpha value is -2.45. The zero-order valence-corrected chi connectivity index (χ0v) is 15.3. The molecule has 0 amide bonds. The molecular formula is C16H16ClN5O2S. The van der Waals surface area contributed by atoms with E-state index < -0.39 is 9.84 Å². The molecule has 0 fully saturated rings. The molecule has 3 rings (SSSR count). The van der Waals surface area contributed by atoms with Crippen LogP contribution in [0.2, 0.25) is 5.02 Å². The number of fused-ring (bicyclic) bond motifs is 1. The van der Waals surface area contributed by atoms with Crippen LogP contribution in [0.15, 0.2) is 45.1 Å². The predicted molar refractivity (Wildman–Crippen MR) is 97.4 cm³/mol. The molecular weight excluding hydrogens is 362 g/mol. The number of aryl methyl sites for hydroxylation is 1. The number of sulfone groups is 1. The highest BCUT2D eigenvalue weighted by Crippen LogP contribution is 2.32. The van der Waals surface area contributed by atoms with Gasteiger partial charge in [-0.2, -0.15) is 0 Å². The summed E-state index contributed by atoms with van der Waals surface area (Å²) in [6.45, 7) is 5.57. The van der Waals surface area contributed by atoms with Gasteiger partial charge >= 0.3 is 0 Å². The molecule has 0 atom stereocenters. The van der Waals surface area contributed by atoms with Gasteiger partial charge in [-0.25, -0.2) is 17.9 Å². The summed E-state index contributed by atoms with van der Waals surface area (Å²) in [5.41, 5.74) is 1.60. The third-order valence-corrected chi connectivity index (χ3v) is 5.69. The molecule has 130 valence electrons. The predicted octanol–water partition coefficient (Wildman–Crippen LogP) is 2.77. The average molecular weight is 378 g/mol. The fourth-order valence-electron chi connectivity index (χ4n) is 2.57. The Labute approximate surface area is 150 Å². The summed E-state index contributed by atoms with van der Waals surface area (Å²) >= 11 is 5.96. The van der Waals surface area contributed by atoms with Gasteiger partial charge in [0.2, 0.25) is 9.84 Å². The first-order valence-corrected chi connectivity index (χ1v) is 9.24. The molecule has 0 bridgehead atoms. The third-order valence-electron chi connectivity index (χ3n) is 3.66. The van der Waals surface area contributed by atoms with E-state index in [4.69, 9.17) is 11.6 Å². The number of nitrogens with one attached hydrogen (secondary N) is 1. The summed E-state index contributed by atoms with van der Waals surface area (Å²) in [5.74, 6) is 0.222. The lowest BCUT2D eigenvalue weighted by Crippen LogP contribution is -2.06. The number of benzene rings is 1. The van der Waals surface area contributed by atoms with Gasteiger partial charge in [0.25, 0.3) is 0 Å². The number of aromatic nitrogens is 3. The summed E-state index contributed by atoms with van der Waals surface area (Å²) in [6.07, 6.45) is 0. The van der Waals surface area contributed by atoms with Crippen LogP contribution in [-0.2, 0) is 16.4 Å². The van der Waals surface area contributed by atoms with Crippen molar-refractivity contribution in [2.24, 2.45) is 4.99 Å². The molecule has 3 aromatic rings. The van der Waals surface area contributed by atoms with Gasteiger partial charge in [0.1, 0.15) is 0 Å². The highest BCUT2D eigenvalue weighted by atomic mass is 35.5. The Kier molecular flexibility index (Phi) is 4.49. The maximum atomic E-state index is 13.2. The maximum absolute atomic E-state index is 13.2. The van der Waals surface area contributed by atoms with Gasteiger partial charge in [-0.05, 0) is 37.9 Å². The van der Waals surface area contributed by atoms with Gasteiger partial charge in [0, 0.05) is 17.8 Å². The molecule has 7 nitrogen and oxygen atoms in total. The number of anilines is 1. The molecule has 1 N–H and O–H groups in total. The van der Waals surface area contributed by atoms with E-state index in [9.17, 15) is 8.42 Å². The van der Waals surface area contributed by atoms with E-state index in [-0.39, 0.29) is 27.8 Å². The summed E-state index contributed by atoms with van der Waals surface area (Å²) in [6, 6.07) is 7.90. The lowest BCUT2D eigenvalue weighted by molar-refractivity contribution is 0.597. The molecule has 1 aromatic carbocycles. The van der Waals surface area contributed by atoms with Crippen LogP contribution in [0, 0.1) is 6.92 Å². The lowest BCUT2D eigenvalue weighted by atomic mass is 10.3. The number of hydrogen-bond acceptors (Lipinski definition) is 6. The van der Waals surface area contributed by atoms with Crippen LogP contribution in [0.4, 0.5) is 5.82 Å². The molecule has 25 heavy (non-hydrogen) atoms. The van der Waals surface area contributed by atoms with Gasteiger partial charge < -0.3 is 5.32 Å². The summed E-state index contributed by atoms with van der Waals surface area (Å²) in [5, 5.41) is 7.50. The largest absolute Gasteiger partial charge is 0.370 e. The number of rotatable bonds is 5. The van der Waals surface area contributed by atoms with E-state index in [0.717, 1.165) is 5.69 Å². The van der Waals surface area contributed by atoms with Crippen molar-refractivity contribution in [3.8, 4) is 0 Å². The SMILES string of the molecule is C=NCc1cc(C)n2nc(NC)c(S(=O)(=O)c3cccc(Cl)c3)c2n1. The van der Waals surface area contributed by atoms with Crippen molar-refractivity contribution in [1.82, 2.24) is 14.6 Å². The molecule has 2 aromatic heterocycles. The van der Waals surface area contributed by atoms with Gasteiger partial charge in [-0.1, -0.05) is 17.7 Å². The van der Waals surface area contributed by atoms with Crippen LogP contribution in [0.25, 0.3) is 5.65 Å². The fraction of sp³-hybridized carbons (Fsp3) is 0.188. The smallest absolute Gasteiger partial charge is 0.214 e. The van der Waals surface area contributed by atoms with Gasteiger partial charge in [-0.15, -0.1) is 5.10 Å². The number of hydrogen-bond donors (Lipinski definition) is 1. The van der Waals surface area contributed by atoms with Crippen molar-refractivity contribution in [3.63, 3.8) is 0 Å². The molecule has 0 aliphatic rings. The summed E-state index contributed by atoms with van der Waals surface area (Å²) in [7, 11) is -2.26. The molecule has 0 spiro atoms. The number of halogens is 1. The van der Waals surface area contributed by atoms with Crippen LogP contribution in [0.5, 0.6) is 0 Å². The minimum atomic E-state index is -3.87. The fourth-order valence-corrected chi connectivity index (χ4v) is 4.37. The molecule has 0 aliphatic heterocycles. The van der Waals surface area contributed by atoms with Crippen LogP contribution < -0.4 is 5.32 Å². The van der Waals surface area contributed by atoms with Crippen molar-refractivity contribution >= 4 is 39.6 Å². The first kappa shape index (κ1) is 17.4. The minimum absolute atomic E-state index is 0.00581. The second-order valence-electron chi connectivity index (χ2n) is 5.39.